The van der Waals surface area contributed by atoms with Gasteiger partial charge in [0, 0.05) is 38.3 Å². The molecule has 1 saturated heterocycles. The summed E-state index contributed by atoms with van der Waals surface area (Å²) in [5, 5.41) is 3.15. The lowest BCUT2D eigenvalue weighted by Gasteiger charge is -2.39. The van der Waals surface area contributed by atoms with Gasteiger partial charge in [-0.25, -0.2) is 0 Å². The van der Waals surface area contributed by atoms with Gasteiger partial charge >= 0.3 is 0 Å². The van der Waals surface area contributed by atoms with Crippen molar-refractivity contribution in [3.05, 3.63) is 71.3 Å². The topological polar surface area (TPSA) is 35.6 Å². The number of hydrogen-bond donors (Lipinski definition) is 1. The molecule has 1 heterocycles. The third-order valence-corrected chi connectivity index (χ3v) is 5.22. The standard InChI is InChI=1S/C22H29N3O/c1-3-24-12-14-25(15-13-24)21(19-9-5-4-6-10-19)17-23-22(26)20-11-7-8-18(2)16-20/h4-11,16,21H,3,12-15,17H2,1-2H3,(H,23,26). The molecular formula is C22H29N3O. The number of nitrogens with one attached hydrogen (secondary N) is 1. The van der Waals surface area contributed by atoms with Crippen LogP contribution in [0.1, 0.15) is 34.5 Å². The van der Waals surface area contributed by atoms with Crippen molar-refractivity contribution in [1.29, 1.82) is 0 Å². The molecule has 26 heavy (non-hydrogen) atoms. The Morgan fingerprint density at radius 2 is 1.77 bits per heavy atom. The molecule has 138 valence electrons. The molecule has 1 fully saturated rings. The predicted molar refractivity (Wildman–Crippen MR) is 106 cm³/mol. The van der Waals surface area contributed by atoms with Crippen molar-refractivity contribution in [2.75, 3.05) is 39.3 Å². The number of amides is 1. The van der Waals surface area contributed by atoms with Gasteiger partial charge in [0.2, 0.25) is 0 Å². The van der Waals surface area contributed by atoms with E-state index in [1.165, 1.54) is 5.56 Å². The second kappa shape index (κ2) is 8.97. The number of piperazine rings is 1. The van der Waals surface area contributed by atoms with Gasteiger partial charge in [0.1, 0.15) is 0 Å². The molecule has 0 saturated carbocycles. The molecular weight excluding hydrogens is 322 g/mol. The van der Waals surface area contributed by atoms with Gasteiger partial charge < -0.3 is 10.2 Å². The minimum atomic E-state index is 0.00169. The van der Waals surface area contributed by atoms with Crippen LogP contribution in [0.5, 0.6) is 0 Å². The first-order valence-electron chi connectivity index (χ1n) is 9.53. The number of hydrogen-bond acceptors (Lipinski definition) is 3. The summed E-state index contributed by atoms with van der Waals surface area (Å²) in [4.78, 5) is 17.6. The fourth-order valence-electron chi connectivity index (χ4n) is 3.60. The highest BCUT2D eigenvalue weighted by Crippen LogP contribution is 2.21. The van der Waals surface area contributed by atoms with Crippen LogP contribution in [0.25, 0.3) is 0 Å². The monoisotopic (exact) mass is 351 g/mol. The highest BCUT2D eigenvalue weighted by atomic mass is 16.1. The molecule has 2 aromatic rings. The summed E-state index contributed by atoms with van der Waals surface area (Å²) < 4.78 is 0. The van der Waals surface area contributed by atoms with E-state index in [0.717, 1.165) is 43.9 Å². The molecule has 4 nitrogen and oxygen atoms in total. The minimum Gasteiger partial charge on any atom is -0.350 e. The molecule has 3 rings (SSSR count). The summed E-state index contributed by atoms with van der Waals surface area (Å²) in [7, 11) is 0. The van der Waals surface area contributed by atoms with E-state index in [4.69, 9.17) is 0 Å². The van der Waals surface area contributed by atoms with E-state index < -0.39 is 0 Å². The van der Waals surface area contributed by atoms with E-state index in [9.17, 15) is 4.79 Å². The van der Waals surface area contributed by atoms with Crippen molar-refractivity contribution in [2.24, 2.45) is 0 Å². The van der Waals surface area contributed by atoms with E-state index in [0.29, 0.717) is 6.54 Å². The van der Waals surface area contributed by atoms with Crippen LogP contribution >= 0.6 is 0 Å². The fraction of sp³-hybridized carbons (Fsp3) is 0.409. The van der Waals surface area contributed by atoms with Gasteiger partial charge in [0.25, 0.3) is 5.91 Å². The molecule has 0 bridgehead atoms. The van der Waals surface area contributed by atoms with Crippen molar-refractivity contribution < 1.29 is 4.79 Å². The van der Waals surface area contributed by atoms with Crippen LogP contribution in [-0.4, -0.2) is 55.0 Å². The molecule has 0 aliphatic carbocycles. The molecule has 1 aliphatic rings. The largest absolute Gasteiger partial charge is 0.350 e. The highest BCUT2D eigenvalue weighted by Gasteiger charge is 2.25. The second-order valence-corrected chi connectivity index (χ2v) is 6.98. The smallest absolute Gasteiger partial charge is 0.251 e. The maximum absolute atomic E-state index is 12.6. The van der Waals surface area contributed by atoms with Crippen molar-refractivity contribution in [3.8, 4) is 0 Å². The number of benzene rings is 2. The van der Waals surface area contributed by atoms with Crippen molar-refractivity contribution in [1.82, 2.24) is 15.1 Å². The maximum atomic E-state index is 12.6. The van der Waals surface area contributed by atoms with Crippen molar-refractivity contribution >= 4 is 5.91 Å². The van der Waals surface area contributed by atoms with Gasteiger partial charge in [-0.15, -0.1) is 0 Å². The van der Waals surface area contributed by atoms with Gasteiger partial charge in [0.15, 0.2) is 0 Å². The normalized spacial score (nSPS) is 17.0. The predicted octanol–water partition coefficient (Wildman–Crippen LogP) is 3.10. The minimum absolute atomic E-state index is 0.00169. The van der Waals surface area contributed by atoms with Crippen LogP contribution in [0.4, 0.5) is 0 Å². The zero-order chi connectivity index (χ0) is 18.4. The summed E-state index contributed by atoms with van der Waals surface area (Å²) in [6, 6.07) is 18.5. The number of likely N-dealkylation sites (N-methyl/N-ethyl adjacent to an activating group) is 1. The van der Waals surface area contributed by atoms with Crippen LogP contribution in [0, 0.1) is 6.92 Å². The highest BCUT2D eigenvalue weighted by molar-refractivity contribution is 5.94. The summed E-state index contributed by atoms with van der Waals surface area (Å²) in [6.07, 6.45) is 0. The molecule has 0 spiro atoms. The van der Waals surface area contributed by atoms with Crippen LogP contribution in [0.15, 0.2) is 54.6 Å². The lowest BCUT2D eigenvalue weighted by Crippen LogP contribution is -2.49. The number of carbonyl (C=O) groups excluding carboxylic acids is 1. The molecule has 0 aromatic heterocycles. The third-order valence-electron chi connectivity index (χ3n) is 5.22. The Hall–Kier alpha value is -2.17. The number of rotatable bonds is 6. The first-order chi connectivity index (χ1) is 12.7. The summed E-state index contributed by atoms with van der Waals surface area (Å²) >= 11 is 0. The van der Waals surface area contributed by atoms with Gasteiger partial charge in [-0.1, -0.05) is 55.0 Å². The van der Waals surface area contributed by atoms with Crippen LogP contribution in [0.2, 0.25) is 0 Å². The lowest BCUT2D eigenvalue weighted by molar-refractivity contribution is 0.0855. The average Bonchev–Trinajstić information content (AvgIpc) is 2.69. The molecule has 2 aromatic carbocycles. The second-order valence-electron chi connectivity index (χ2n) is 6.98. The average molecular weight is 351 g/mol. The van der Waals surface area contributed by atoms with E-state index >= 15 is 0 Å². The Balaban J connectivity index is 1.69. The van der Waals surface area contributed by atoms with E-state index in [2.05, 4.69) is 46.3 Å². The number of nitrogens with zero attached hydrogens (tertiary/aromatic N) is 2. The Labute approximate surface area is 156 Å². The van der Waals surface area contributed by atoms with E-state index in [-0.39, 0.29) is 11.9 Å². The van der Waals surface area contributed by atoms with E-state index in [1.807, 2.05) is 37.3 Å². The zero-order valence-corrected chi connectivity index (χ0v) is 15.8. The van der Waals surface area contributed by atoms with Gasteiger partial charge in [-0.3, -0.25) is 9.69 Å². The number of carbonyl (C=O) groups is 1. The zero-order valence-electron chi connectivity index (χ0n) is 15.8. The molecule has 1 N–H and O–H groups in total. The van der Waals surface area contributed by atoms with Crippen molar-refractivity contribution in [3.63, 3.8) is 0 Å². The van der Waals surface area contributed by atoms with Crippen LogP contribution in [0.3, 0.4) is 0 Å². The quantitative estimate of drug-likeness (QED) is 0.869. The first-order valence-corrected chi connectivity index (χ1v) is 9.53. The Morgan fingerprint density at radius 3 is 2.42 bits per heavy atom. The molecule has 4 heteroatoms. The summed E-state index contributed by atoms with van der Waals surface area (Å²) in [6.45, 7) is 10.2. The SMILES string of the molecule is CCN1CCN(C(CNC(=O)c2cccc(C)c2)c2ccccc2)CC1. The van der Waals surface area contributed by atoms with Crippen LogP contribution in [-0.2, 0) is 0 Å². The third kappa shape index (κ3) is 4.71. The van der Waals surface area contributed by atoms with Gasteiger partial charge in [-0.2, -0.15) is 0 Å². The van der Waals surface area contributed by atoms with Gasteiger partial charge in [0.05, 0.1) is 6.04 Å². The van der Waals surface area contributed by atoms with Gasteiger partial charge in [-0.05, 0) is 31.2 Å². The summed E-state index contributed by atoms with van der Waals surface area (Å²) in [5.41, 5.74) is 3.10. The molecule has 1 unspecified atom stereocenters. The Kier molecular flexibility index (Phi) is 6.42. The van der Waals surface area contributed by atoms with E-state index in [1.54, 1.807) is 0 Å². The molecule has 0 radical (unpaired) electrons. The molecule has 1 atom stereocenters. The lowest BCUT2D eigenvalue weighted by atomic mass is 10.0. The fourth-order valence-corrected chi connectivity index (χ4v) is 3.60. The summed E-state index contributed by atoms with van der Waals surface area (Å²) in [5.74, 6) is 0.00169. The number of aryl methyl sites for hydroxylation is 1. The molecule has 1 aliphatic heterocycles. The Morgan fingerprint density at radius 1 is 1.04 bits per heavy atom. The Bertz CT molecular complexity index is 708. The first kappa shape index (κ1) is 18.6. The maximum Gasteiger partial charge on any atom is 0.251 e. The molecule has 1 amide bonds. The van der Waals surface area contributed by atoms with Crippen molar-refractivity contribution in [2.45, 2.75) is 19.9 Å². The van der Waals surface area contributed by atoms with Crippen LogP contribution < -0.4 is 5.32 Å².